The molecule has 1 aromatic carbocycles. The summed E-state index contributed by atoms with van der Waals surface area (Å²) in [7, 11) is 0. The normalized spacial score (nSPS) is 21.4. The first-order chi connectivity index (χ1) is 9.56. The van der Waals surface area contributed by atoms with Crippen LogP contribution in [0.3, 0.4) is 0 Å². The average Bonchev–Trinajstić information content (AvgIpc) is 2.41. The fourth-order valence-electron chi connectivity index (χ4n) is 2.68. The van der Waals surface area contributed by atoms with Crippen molar-refractivity contribution < 1.29 is 9.90 Å². The molecule has 4 nitrogen and oxygen atoms in total. The molecule has 1 saturated heterocycles. The molecule has 5 heteroatoms. The second-order valence-electron chi connectivity index (χ2n) is 5.33. The van der Waals surface area contributed by atoms with Crippen molar-refractivity contribution >= 4 is 23.2 Å². The molecule has 0 bridgehead atoms. The van der Waals surface area contributed by atoms with Crippen molar-refractivity contribution in [3.8, 4) is 0 Å². The van der Waals surface area contributed by atoms with Gasteiger partial charge >= 0.3 is 0 Å². The summed E-state index contributed by atoms with van der Waals surface area (Å²) < 4.78 is 0. The van der Waals surface area contributed by atoms with Crippen LogP contribution in [0.25, 0.3) is 0 Å². The van der Waals surface area contributed by atoms with Crippen LogP contribution in [-0.4, -0.2) is 41.1 Å². The first-order valence-electron chi connectivity index (χ1n) is 7.04. The van der Waals surface area contributed by atoms with E-state index >= 15 is 0 Å². The summed E-state index contributed by atoms with van der Waals surface area (Å²) in [5.41, 5.74) is 0.741. The van der Waals surface area contributed by atoms with Gasteiger partial charge in [-0.15, -0.1) is 0 Å². The lowest BCUT2D eigenvalue weighted by atomic mass is 9.98. The Balaban J connectivity index is 1.91. The molecule has 1 heterocycles. The average molecular weight is 297 g/mol. The van der Waals surface area contributed by atoms with Gasteiger partial charge in [-0.1, -0.05) is 18.0 Å². The van der Waals surface area contributed by atoms with Crippen molar-refractivity contribution in [2.45, 2.75) is 38.3 Å². The molecule has 2 unspecified atom stereocenters. The minimum atomic E-state index is -0.404. The molecular formula is C15H21ClN2O2. The van der Waals surface area contributed by atoms with Gasteiger partial charge in [0.05, 0.1) is 12.6 Å². The molecule has 0 saturated carbocycles. The Morgan fingerprint density at radius 2 is 2.15 bits per heavy atom. The van der Waals surface area contributed by atoms with Gasteiger partial charge < -0.3 is 10.4 Å². The van der Waals surface area contributed by atoms with Crippen LogP contribution >= 0.6 is 11.6 Å². The number of nitrogens with zero attached hydrogens (tertiary/aromatic N) is 1. The first kappa shape index (κ1) is 15.3. The molecule has 2 atom stereocenters. The predicted molar refractivity (Wildman–Crippen MR) is 81.0 cm³/mol. The van der Waals surface area contributed by atoms with E-state index in [1.807, 2.05) is 0 Å². The molecule has 0 aromatic heterocycles. The summed E-state index contributed by atoms with van der Waals surface area (Å²) in [5.74, 6) is -0.0557. The number of aliphatic hydroxyl groups excluding tert-OH is 1. The van der Waals surface area contributed by atoms with E-state index in [2.05, 4.69) is 10.2 Å². The number of anilines is 1. The molecule has 0 spiro atoms. The predicted octanol–water partition coefficient (Wildman–Crippen LogP) is 2.51. The number of nitrogens with one attached hydrogen (secondary N) is 1. The molecule has 1 fully saturated rings. The van der Waals surface area contributed by atoms with Crippen molar-refractivity contribution in [3.63, 3.8) is 0 Å². The maximum Gasteiger partial charge on any atom is 0.238 e. The van der Waals surface area contributed by atoms with Gasteiger partial charge in [0.15, 0.2) is 0 Å². The molecule has 2 rings (SSSR count). The molecule has 20 heavy (non-hydrogen) atoms. The highest BCUT2D eigenvalue weighted by atomic mass is 35.5. The van der Waals surface area contributed by atoms with E-state index in [0.717, 1.165) is 31.5 Å². The van der Waals surface area contributed by atoms with Crippen LogP contribution in [0, 0.1) is 0 Å². The van der Waals surface area contributed by atoms with Crippen LogP contribution < -0.4 is 5.32 Å². The second kappa shape index (κ2) is 7.07. The Kier molecular flexibility index (Phi) is 5.40. The van der Waals surface area contributed by atoms with Crippen molar-refractivity contribution in [3.05, 3.63) is 29.3 Å². The van der Waals surface area contributed by atoms with Gasteiger partial charge in [-0.2, -0.15) is 0 Å². The lowest BCUT2D eigenvalue weighted by molar-refractivity contribution is -0.118. The molecule has 1 amide bonds. The Morgan fingerprint density at radius 3 is 2.80 bits per heavy atom. The Labute approximate surface area is 124 Å². The quantitative estimate of drug-likeness (QED) is 0.898. The third kappa shape index (κ3) is 4.20. The number of carbonyl (C=O) groups excluding carboxylic acids is 1. The minimum Gasteiger partial charge on any atom is -0.392 e. The summed E-state index contributed by atoms with van der Waals surface area (Å²) in [4.78, 5) is 14.1. The fourth-order valence-corrected chi connectivity index (χ4v) is 2.80. The zero-order valence-electron chi connectivity index (χ0n) is 11.7. The van der Waals surface area contributed by atoms with Crippen LogP contribution in [-0.2, 0) is 4.79 Å². The highest BCUT2D eigenvalue weighted by molar-refractivity contribution is 6.30. The van der Waals surface area contributed by atoms with Gasteiger partial charge in [0.1, 0.15) is 0 Å². The van der Waals surface area contributed by atoms with E-state index < -0.39 is 6.10 Å². The summed E-state index contributed by atoms with van der Waals surface area (Å²) >= 11 is 5.81. The number of likely N-dealkylation sites (tertiary alicyclic amines) is 1. The standard InChI is InChI=1S/C15H21ClN2O2/c1-11(19)14-4-2-3-9-18(14)10-15(20)17-13-7-5-12(16)6-8-13/h5-8,11,14,19H,2-4,9-10H2,1H3,(H,17,20). The molecule has 1 aliphatic heterocycles. The van der Waals surface area contributed by atoms with E-state index in [-0.39, 0.29) is 11.9 Å². The van der Waals surface area contributed by atoms with E-state index in [1.165, 1.54) is 0 Å². The van der Waals surface area contributed by atoms with Gasteiger partial charge in [0.25, 0.3) is 0 Å². The number of carbonyl (C=O) groups is 1. The molecule has 1 aliphatic rings. The van der Waals surface area contributed by atoms with Crippen molar-refractivity contribution in [2.24, 2.45) is 0 Å². The van der Waals surface area contributed by atoms with E-state index in [1.54, 1.807) is 31.2 Å². The van der Waals surface area contributed by atoms with Gasteiger partial charge in [0.2, 0.25) is 5.91 Å². The van der Waals surface area contributed by atoms with Gasteiger partial charge in [-0.25, -0.2) is 0 Å². The zero-order chi connectivity index (χ0) is 14.5. The van der Waals surface area contributed by atoms with Crippen LogP contribution in [0.5, 0.6) is 0 Å². The van der Waals surface area contributed by atoms with Crippen molar-refractivity contribution in [2.75, 3.05) is 18.4 Å². The maximum atomic E-state index is 12.1. The first-order valence-corrected chi connectivity index (χ1v) is 7.41. The van der Waals surface area contributed by atoms with E-state index in [0.29, 0.717) is 11.6 Å². The number of piperidine rings is 1. The summed E-state index contributed by atoms with van der Waals surface area (Å²) in [6, 6.07) is 7.14. The van der Waals surface area contributed by atoms with Crippen LogP contribution in [0.1, 0.15) is 26.2 Å². The van der Waals surface area contributed by atoms with E-state index in [9.17, 15) is 9.90 Å². The Hall–Kier alpha value is -1.10. The smallest absolute Gasteiger partial charge is 0.238 e. The molecule has 110 valence electrons. The Bertz CT molecular complexity index is 448. The Morgan fingerprint density at radius 1 is 1.45 bits per heavy atom. The largest absolute Gasteiger partial charge is 0.392 e. The maximum absolute atomic E-state index is 12.1. The van der Waals surface area contributed by atoms with Crippen LogP contribution in [0.15, 0.2) is 24.3 Å². The topological polar surface area (TPSA) is 52.6 Å². The highest BCUT2D eigenvalue weighted by Crippen LogP contribution is 2.20. The van der Waals surface area contributed by atoms with Crippen LogP contribution in [0.2, 0.25) is 5.02 Å². The number of hydrogen-bond donors (Lipinski definition) is 2. The number of amides is 1. The number of aliphatic hydroxyl groups is 1. The number of halogens is 1. The van der Waals surface area contributed by atoms with Gasteiger partial charge in [0, 0.05) is 16.8 Å². The molecule has 0 aliphatic carbocycles. The minimum absolute atomic E-state index is 0.0557. The third-order valence-corrected chi connectivity index (χ3v) is 3.95. The summed E-state index contributed by atoms with van der Waals surface area (Å²) in [5, 5.41) is 13.3. The molecule has 0 radical (unpaired) electrons. The summed E-state index contributed by atoms with van der Waals surface area (Å²) in [6.07, 6.45) is 2.74. The van der Waals surface area contributed by atoms with Crippen LogP contribution in [0.4, 0.5) is 5.69 Å². The zero-order valence-corrected chi connectivity index (χ0v) is 12.4. The monoisotopic (exact) mass is 296 g/mol. The van der Waals surface area contributed by atoms with Gasteiger partial charge in [-0.05, 0) is 50.6 Å². The molecule has 1 aromatic rings. The lowest BCUT2D eigenvalue weighted by Gasteiger charge is -2.36. The van der Waals surface area contributed by atoms with Gasteiger partial charge in [-0.3, -0.25) is 9.69 Å². The van der Waals surface area contributed by atoms with Crippen molar-refractivity contribution in [1.82, 2.24) is 4.90 Å². The third-order valence-electron chi connectivity index (χ3n) is 3.70. The molecule has 2 N–H and O–H groups in total. The number of benzene rings is 1. The highest BCUT2D eigenvalue weighted by Gasteiger charge is 2.27. The second-order valence-corrected chi connectivity index (χ2v) is 5.77. The number of rotatable bonds is 4. The van der Waals surface area contributed by atoms with E-state index in [4.69, 9.17) is 11.6 Å². The molecular weight excluding hydrogens is 276 g/mol. The SMILES string of the molecule is CC(O)C1CCCCN1CC(=O)Nc1ccc(Cl)cc1. The number of hydrogen-bond acceptors (Lipinski definition) is 3. The lowest BCUT2D eigenvalue weighted by Crippen LogP contribution is -2.48. The fraction of sp³-hybridized carbons (Fsp3) is 0.533. The summed E-state index contributed by atoms with van der Waals surface area (Å²) in [6.45, 7) is 2.97. The van der Waals surface area contributed by atoms with Crippen molar-refractivity contribution in [1.29, 1.82) is 0 Å².